The molecule has 5 atom stereocenters. The SMILES string of the molecule is O=C(/C=C/c1ccc(O)c(O)c1)NCCOCC1OC(Oc2c(-c3ccc(O)c(O)c3)oc3cc(O)cc(O)c3c2=O)C(O)C(O)C1O. The number of hydrogen-bond acceptors (Lipinski definition) is 15. The van der Waals surface area contributed by atoms with Crippen LogP contribution in [0.5, 0.6) is 40.2 Å². The molecule has 1 fully saturated rings. The fraction of sp³-hybridized carbons (Fsp3) is 0.250. The van der Waals surface area contributed by atoms with Gasteiger partial charge in [0.15, 0.2) is 28.8 Å². The van der Waals surface area contributed by atoms with Crippen molar-refractivity contribution in [2.24, 2.45) is 0 Å². The number of carbonyl (C=O) groups excluding carboxylic acids is 1. The molecular formula is C32H31NO15. The summed E-state index contributed by atoms with van der Waals surface area (Å²) < 4.78 is 22.6. The summed E-state index contributed by atoms with van der Waals surface area (Å²) in [6.07, 6.45) is -5.96. The van der Waals surface area contributed by atoms with Gasteiger partial charge in [0, 0.05) is 30.3 Å². The van der Waals surface area contributed by atoms with E-state index in [2.05, 4.69) is 5.32 Å². The average molecular weight is 670 g/mol. The molecule has 5 rings (SSSR count). The predicted molar refractivity (Wildman–Crippen MR) is 165 cm³/mol. The molecule has 4 aromatic rings. The molecule has 1 saturated heterocycles. The van der Waals surface area contributed by atoms with Crippen LogP contribution in [0.1, 0.15) is 5.56 Å². The molecule has 1 aromatic heterocycles. The Morgan fingerprint density at radius 3 is 2.25 bits per heavy atom. The highest BCUT2D eigenvalue weighted by Crippen LogP contribution is 2.39. The topological polar surface area (TPSA) is 269 Å². The van der Waals surface area contributed by atoms with Gasteiger partial charge in [0.25, 0.3) is 0 Å². The Bertz CT molecular complexity index is 1910. The van der Waals surface area contributed by atoms with Gasteiger partial charge in [0.05, 0.1) is 13.2 Å². The Kier molecular flexibility index (Phi) is 9.92. The minimum absolute atomic E-state index is 0.00833. The van der Waals surface area contributed by atoms with Gasteiger partial charge in [-0.2, -0.15) is 0 Å². The molecule has 5 unspecified atom stereocenters. The van der Waals surface area contributed by atoms with E-state index in [-0.39, 0.29) is 48.2 Å². The smallest absolute Gasteiger partial charge is 0.244 e. The van der Waals surface area contributed by atoms with Gasteiger partial charge >= 0.3 is 0 Å². The molecule has 254 valence electrons. The van der Waals surface area contributed by atoms with Gasteiger partial charge in [-0.25, -0.2) is 0 Å². The van der Waals surface area contributed by atoms with Gasteiger partial charge in [-0.1, -0.05) is 6.07 Å². The lowest BCUT2D eigenvalue weighted by Gasteiger charge is -2.40. The van der Waals surface area contributed by atoms with Crippen LogP contribution >= 0.6 is 0 Å². The van der Waals surface area contributed by atoms with Gasteiger partial charge < -0.3 is 69.9 Å². The third kappa shape index (κ3) is 7.22. The van der Waals surface area contributed by atoms with Gasteiger partial charge in [-0.3, -0.25) is 9.59 Å². The highest BCUT2D eigenvalue weighted by atomic mass is 16.7. The summed E-state index contributed by atoms with van der Waals surface area (Å²) in [6.45, 7) is -0.433. The number of aliphatic hydroxyl groups excluding tert-OH is 3. The first-order valence-corrected chi connectivity index (χ1v) is 14.3. The van der Waals surface area contributed by atoms with E-state index in [4.69, 9.17) is 18.6 Å². The molecule has 16 nitrogen and oxygen atoms in total. The van der Waals surface area contributed by atoms with E-state index >= 15 is 0 Å². The molecular weight excluding hydrogens is 638 g/mol. The molecule has 1 aliphatic heterocycles. The van der Waals surface area contributed by atoms with Gasteiger partial charge in [-0.05, 0) is 42.0 Å². The quantitative estimate of drug-likeness (QED) is 0.0633. The van der Waals surface area contributed by atoms with E-state index in [0.717, 1.165) is 24.3 Å². The van der Waals surface area contributed by atoms with Gasteiger partial charge in [0.2, 0.25) is 23.4 Å². The normalized spacial score (nSPS) is 21.0. The number of phenolic OH excluding ortho intramolecular Hbond substituents is 6. The Hall–Kier alpha value is -5.52. The van der Waals surface area contributed by atoms with Crippen molar-refractivity contribution in [3.63, 3.8) is 0 Å². The van der Waals surface area contributed by atoms with Crippen LogP contribution in [0.4, 0.5) is 0 Å². The van der Waals surface area contributed by atoms with Crippen LogP contribution in [0.25, 0.3) is 28.4 Å². The molecule has 10 N–H and O–H groups in total. The highest BCUT2D eigenvalue weighted by molar-refractivity contribution is 5.91. The molecule has 0 radical (unpaired) electrons. The summed E-state index contributed by atoms with van der Waals surface area (Å²) in [5.74, 6) is -4.36. The third-order valence-electron chi connectivity index (χ3n) is 7.31. The Morgan fingerprint density at radius 2 is 1.54 bits per heavy atom. The van der Waals surface area contributed by atoms with Crippen LogP contribution in [0, 0.1) is 0 Å². The second-order valence-electron chi connectivity index (χ2n) is 10.7. The fourth-order valence-corrected chi connectivity index (χ4v) is 4.82. The minimum atomic E-state index is -1.91. The number of aliphatic hydroxyl groups is 3. The lowest BCUT2D eigenvalue weighted by Crippen LogP contribution is -2.60. The summed E-state index contributed by atoms with van der Waals surface area (Å²) in [4.78, 5) is 25.7. The Morgan fingerprint density at radius 1 is 0.833 bits per heavy atom. The number of carbonyl (C=O) groups is 1. The molecule has 1 amide bonds. The standard InChI is InChI=1S/C32H31NO15/c34-16-11-21(39)25-22(12-16)46-30(15-3-5-18(36)20(38)10-15)31(27(25)42)48-32-29(44)28(43)26(41)23(47-32)13-45-8-7-33-24(40)6-2-14-1-4-17(35)19(37)9-14/h1-6,9-12,23,26,28-29,32,34-39,41,43-44H,7-8,13H2,(H,33,40)/b6-2+. The zero-order valence-electron chi connectivity index (χ0n) is 24.8. The predicted octanol–water partition coefficient (Wildman–Crippen LogP) is 0.726. The number of amides is 1. The number of hydrogen-bond donors (Lipinski definition) is 10. The molecule has 0 spiro atoms. The number of benzene rings is 3. The van der Waals surface area contributed by atoms with Gasteiger partial charge in [-0.15, -0.1) is 0 Å². The van der Waals surface area contributed by atoms with Crippen molar-refractivity contribution < 1.29 is 69.4 Å². The van der Waals surface area contributed by atoms with E-state index in [1.807, 2.05) is 0 Å². The van der Waals surface area contributed by atoms with Crippen molar-refractivity contribution in [3.05, 3.63) is 70.4 Å². The van der Waals surface area contributed by atoms with Crippen LogP contribution < -0.4 is 15.5 Å². The van der Waals surface area contributed by atoms with E-state index in [1.54, 1.807) is 0 Å². The Balaban J connectivity index is 1.29. The first-order chi connectivity index (χ1) is 22.8. The molecule has 1 aliphatic rings. The summed E-state index contributed by atoms with van der Waals surface area (Å²) >= 11 is 0. The first-order valence-electron chi connectivity index (χ1n) is 14.3. The zero-order chi connectivity index (χ0) is 34.7. The average Bonchev–Trinajstić information content (AvgIpc) is 3.04. The third-order valence-corrected chi connectivity index (χ3v) is 7.31. The lowest BCUT2D eigenvalue weighted by atomic mass is 9.99. The van der Waals surface area contributed by atoms with Crippen molar-refractivity contribution in [3.8, 4) is 51.6 Å². The maximum atomic E-state index is 13.6. The zero-order valence-corrected chi connectivity index (χ0v) is 24.8. The fourth-order valence-electron chi connectivity index (χ4n) is 4.82. The molecule has 3 aromatic carbocycles. The molecule has 16 heteroatoms. The number of nitrogens with one attached hydrogen (secondary N) is 1. The van der Waals surface area contributed by atoms with Crippen molar-refractivity contribution in [2.75, 3.05) is 19.8 Å². The van der Waals surface area contributed by atoms with Crippen LogP contribution in [0.15, 0.2) is 63.8 Å². The van der Waals surface area contributed by atoms with E-state index in [1.165, 1.54) is 36.4 Å². The molecule has 48 heavy (non-hydrogen) atoms. The van der Waals surface area contributed by atoms with Crippen LogP contribution in [0.2, 0.25) is 0 Å². The second-order valence-corrected chi connectivity index (χ2v) is 10.7. The largest absolute Gasteiger partial charge is 0.508 e. The summed E-state index contributed by atoms with van der Waals surface area (Å²) in [5.41, 5.74) is -0.816. The molecule has 0 saturated carbocycles. The molecule has 0 aliphatic carbocycles. The maximum Gasteiger partial charge on any atom is 0.244 e. The monoisotopic (exact) mass is 669 g/mol. The first kappa shape index (κ1) is 33.8. The lowest BCUT2D eigenvalue weighted by molar-refractivity contribution is -0.279. The van der Waals surface area contributed by atoms with E-state index in [9.17, 15) is 55.5 Å². The molecule has 0 bridgehead atoms. The summed E-state index contributed by atoms with van der Waals surface area (Å²) in [6, 6.07) is 9.34. The highest BCUT2D eigenvalue weighted by Gasteiger charge is 2.45. The van der Waals surface area contributed by atoms with Crippen LogP contribution in [-0.2, 0) is 14.3 Å². The molecule has 2 heterocycles. The number of phenols is 6. The number of ether oxygens (including phenoxy) is 3. The van der Waals surface area contributed by atoms with Crippen LogP contribution in [-0.4, -0.2) is 102 Å². The number of fused-ring (bicyclic) bond motifs is 1. The van der Waals surface area contributed by atoms with Gasteiger partial charge in [0.1, 0.15) is 46.9 Å². The summed E-state index contributed by atoms with van der Waals surface area (Å²) in [5, 5.41) is 92.9. The van der Waals surface area contributed by atoms with Crippen molar-refractivity contribution in [1.82, 2.24) is 5.32 Å². The van der Waals surface area contributed by atoms with E-state index < -0.39 is 76.2 Å². The summed E-state index contributed by atoms with van der Waals surface area (Å²) in [7, 11) is 0. The van der Waals surface area contributed by atoms with Crippen molar-refractivity contribution >= 4 is 23.0 Å². The van der Waals surface area contributed by atoms with E-state index in [0.29, 0.717) is 5.56 Å². The maximum absolute atomic E-state index is 13.6. The van der Waals surface area contributed by atoms with Crippen LogP contribution in [0.3, 0.4) is 0 Å². The number of rotatable bonds is 10. The van der Waals surface area contributed by atoms with Crippen molar-refractivity contribution in [2.45, 2.75) is 30.7 Å². The Labute approximate surface area is 270 Å². The number of aromatic hydroxyl groups is 6. The van der Waals surface area contributed by atoms with Crippen molar-refractivity contribution in [1.29, 1.82) is 0 Å². The minimum Gasteiger partial charge on any atom is -0.508 e. The second kappa shape index (κ2) is 14.1.